The monoisotopic (exact) mass is 237 g/mol. The lowest BCUT2D eigenvalue weighted by Crippen LogP contribution is -2.09. The first kappa shape index (κ1) is 10.7. The number of aromatic nitrogens is 2. The Morgan fingerprint density at radius 1 is 1.56 bits per heavy atom. The molecule has 7 heteroatoms. The van der Waals surface area contributed by atoms with E-state index in [1.807, 2.05) is 6.07 Å². The summed E-state index contributed by atoms with van der Waals surface area (Å²) in [5.41, 5.74) is 4.20. The van der Waals surface area contributed by atoms with Crippen molar-refractivity contribution in [3.63, 3.8) is 0 Å². The van der Waals surface area contributed by atoms with Crippen LogP contribution >= 0.6 is 11.3 Å². The maximum Gasteiger partial charge on any atom is 0.304 e. The topological polar surface area (TPSA) is 95.8 Å². The van der Waals surface area contributed by atoms with E-state index in [4.69, 9.17) is 5.84 Å². The van der Waals surface area contributed by atoms with Crippen molar-refractivity contribution < 1.29 is 0 Å². The van der Waals surface area contributed by atoms with Crippen molar-refractivity contribution in [2.45, 2.75) is 6.54 Å². The Hall–Kier alpha value is -1.86. The second-order valence-corrected chi connectivity index (χ2v) is 3.94. The number of thiazole rings is 1. The van der Waals surface area contributed by atoms with E-state index in [1.165, 1.54) is 0 Å². The highest BCUT2D eigenvalue weighted by atomic mass is 32.1. The Morgan fingerprint density at radius 3 is 3.12 bits per heavy atom. The van der Waals surface area contributed by atoms with Crippen molar-refractivity contribution in [1.29, 1.82) is 0 Å². The summed E-state index contributed by atoms with van der Waals surface area (Å²) in [4.78, 5) is 17.6. The van der Waals surface area contributed by atoms with Crippen LogP contribution in [0.3, 0.4) is 0 Å². The lowest BCUT2D eigenvalue weighted by atomic mass is 10.3. The van der Waals surface area contributed by atoms with Crippen LogP contribution in [-0.4, -0.2) is 9.97 Å². The molecule has 5 N–H and O–H groups in total. The van der Waals surface area contributed by atoms with Crippen LogP contribution in [0.15, 0.2) is 28.5 Å². The van der Waals surface area contributed by atoms with Gasteiger partial charge in [0.2, 0.25) is 0 Å². The highest BCUT2D eigenvalue weighted by Crippen LogP contribution is 2.11. The molecule has 0 bridgehead atoms. The number of hydrazine groups is 1. The predicted molar refractivity (Wildman–Crippen MR) is 64.3 cm³/mol. The number of aromatic amines is 1. The number of nitrogens with one attached hydrogen (secondary N) is 3. The molecule has 0 saturated heterocycles. The van der Waals surface area contributed by atoms with Crippen LogP contribution in [0.1, 0.15) is 5.69 Å². The van der Waals surface area contributed by atoms with Gasteiger partial charge < -0.3 is 15.7 Å². The van der Waals surface area contributed by atoms with Crippen LogP contribution in [0.5, 0.6) is 0 Å². The zero-order valence-corrected chi connectivity index (χ0v) is 9.17. The average Bonchev–Trinajstić information content (AvgIpc) is 2.73. The number of anilines is 2. The van der Waals surface area contributed by atoms with Crippen LogP contribution in [0.2, 0.25) is 0 Å². The summed E-state index contributed by atoms with van der Waals surface area (Å²) in [7, 11) is 0. The average molecular weight is 237 g/mol. The molecule has 0 aliphatic rings. The van der Waals surface area contributed by atoms with Gasteiger partial charge in [-0.25, -0.2) is 10.8 Å². The molecule has 2 aromatic rings. The van der Waals surface area contributed by atoms with Crippen molar-refractivity contribution in [1.82, 2.24) is 9.97 Å². The molecule has 0 atom stereocenters. The summed E-state index contributed by atoms with van der Waals surface area (Å²) in [5.74, 6) is 5.83. The molecule has 0 spiro atoms. The summed E-state index contributed by atoms with van der Waals surface area (Å²) in [5, 5.41) is 4.94. The largest absolute Gasteiger partial charge is 0.379 e. The Bertz CT molecular complexity index is 520. The van der Waals surface area contributed by atoms with Crippen molar-refractivity contribution in [2.75, 3.05) is 10.7 Å². The van der Waals surface area contributed by atoms with Gasteiger partial charge in [-0.2, -0.15) is 0 Å². The summed E-state index contributed by atoms with van der Waals surface area (Å²) >= 11 is 1.15. The van der Waals surface area contributed by atoms with Gasteiger partial charge in [-0.05, 0) is 6.07 Å². The molecule has 0 aromatic carbocycles. The molecule has 0 aliphatic carbocycles. The first-order valence-corrected chi connectivity index (χ1v) is 5.49. The highest BCUT2D eigenvalue weighted by molar-refractivity contribution is 7.07. The van der Waals surface area contributed by atoms with E-state index >= 15 is 0 Å². The van der Waals surface area contributed by atoms with E-state index in [9.17, 15) is 4.79 Å². The SMILES string of the molecule is NNc1cc(NCc2csc(=O)[nH]2)ccn1. The minimum absolute atomic E-state index is 0.0455. The number of nitrogens with zero attached hydrogens (tertiary/aromatic N) is 1. The molecule has 0 fully saturated rings. The molecule has 2 rings (SSSR count). The fourth-order valence-electron chi connectivity index (χ4n) is 1.22. The van der Waals surface area contributed by atoms with Gasteiger partial charge >= 0.3 is 4.87 Å². The fourth-order valence-corrected chi connectivity index (χ4v) is 1.80. The lowest BCUT2D eigenvalue weighted by molar-refractivity contribution is 1.06. The van der Waals surface area contributed by atoms with E-state index < -0.39 is 0 Å². The molecular formula is C9H11N5OS. The van der Waals surface area contributed by atoms with Gasteiger partial charge in [0.05, 0.1) is 6.54 Å². The number of hydrogen-bond donors (Lipinski definition) is 4. The van der Waals surface area contributed by atoms with E-state index in [0.29, 0.717) is 12.4 Å². The van der Waals surface area contributed by atoms with Crippen molar-refractivity contribution in [3.05, 3.63) is 39.1 Å². The van der Waals surface area contributed by atoms with Gasteiger partial charge in [0, 0.05) is 29.0 Å². The van der Waals surface area contributed by atoms with Gasteiger partial charge in [-0.3, -0.25) is 4.79 Å². The maximum absolute atomic E-state index is 10.9. The summed E-state index contributed by atoms with van der Waals surface area (Å²) in [6.45, 7) is 0.562. The summed E-state index contributed by atoms with van der Waals surface area (Å²) in [6.07, 6.45) is 1.65. The van der Waals surface area contributed by atoms with Crippen molar-refractivity contribution >= 4 is 22.8 Å². The molecule has 0 radical (unpaired) electrons. The van der Waals surface area contributed by atoms with Crippen molar-refractivity contribution in [2.24, 2.45) is 5.84 Å². The Labute approximate surface area is 95.5 Å². The molecule has 0 aliphatic heterocycles. The number of nitrogens with two attached hydrogens (primary N) is 1. The normalized spacial score (nSPS) is 10.1. The molecule has 0 saturated carbocycles. The third-order valence-electron chi connectivity index (χ3n) is 1.96. The molecule has 0 unspecified atom stereocenters. The van der Waals surface area contributed by atoms with E-state index in [-0.39, 0.29) is 4.87 Å². The van der Waals surface area contributed by atoms with Crippen molar-refractivity contribution in [3.8, 4) is 0 Å². The summed E-state index contributed by atoms with van der Waals surface area (Å²) < 4.78 is 0. The first-order chi connectivity index (χ1) is 7.78. The van der Waals surface area contributed by atoms with Gasteiger partial charge in [0.15, 0.2) is 0 Å². The summed E-state index contributed by atoms with van der Waals surface area (Å²) in [6, 6.07) is 3.61. The number of hydrogen-bond acceptors (Lipinski definition) is 6. The van der Waals surface area contributed by atoms with Gasteiger partial charge in [-0.15, -0.1) is 0 Å². The van der Waals surface area contributed by atoms with Crippen LogP contribution in [-0.2, 0) is 6.54 Å². The van der Waals surface area contributed by atoms with Crippen LogP contribution in [0.4, 0.5) is 11.5 Å². The minimum atomic E-state index is -0.0455. The Balaban J connectivity index is 2.01. The molecular weight excluding hydrogens is 226 g/mol. The van der Waals surface area contributed by atoms with E-state index in [2.05, 4.69) is 20.7 Å². The number of nitrogen functional groups attached to an aromatic ring is 1. The third-order valence-corrected chi connectivity index (χ3v) is 2.68. The van der Waals surface area contributed by atoms with E-state index in [1.54, 1.807) is 17.6 Å². The second-order valence-electron chi connectivity index (χ2n) is 3.10. The molecule has 84 valence electrons. The molecule has 6 nitrogen and oxygen atoms in total. The minimum Gasteiger partial charge on any atom is -0.379 e. The van der Waals surface area contributed by atoms with Crippen LogP contribution in [0.25, 0.3) is 0 Å². The van der Waals surface area contributed by atoms with Gasteiger partial charge in [-0.1, -0.05) is 11.3 Å². The zero-order valence-electron chi connectivity index (χ0n) is 8.36. The maximum atomic E-state index is 10.9. The van der Waals surface area contributed by atoms with E-state index in [0.717, 1.165) is 22.7 Å². The first-order valence-electron chi connectivity index (χ1n) is 4.61. The predicted octanol–water partition coefficient (Wildman–Crippen LogP) is 0.729. The number of rotatable bonds is 4. The third kappa shape index (κ3) is 2.59. The standard InChI is InChI=1S/C9H11N5OS/c10-14-8-3-6(1-2-11-8)12-4-7-5-16-9(15)13-7/h1-3,5H,4,10H2,(H,13,15)(H2,11,12,14). The lowest BCUT2D eigenvalue weighted by Gasteiger charge is -2.05. The van der Waals surface area contributed by atoms with Gasteiger partial charge in [0.25, 0.3) is 0 Å². The quantitative estimate of drug-likeness (QED) is 0.464. The van der Waals surface area contributed by atoms with Gasteiger partial charge in [0.1, 0.15) is 5.82 Å². The smallest absolute Gasteiger partial charge is 0.304 e. The fraction of sp³-hybridized carbons (Fsp3) is 0.111. The highest BCUT2D eigenvalue weighted by Gasteiger charge is 1.98. The second kappa shape index (κ2) is 4.77. The Kier molecular flexibility index (Phi) is 3.18. The molecule has 16 heavy (non-hydrogen) atoms. The molecule has 2 heterocycles. The number of H-pyrrole nitrogens is 1. The van der Waals surface area contributed by atoms with Crippen LogP contribution < -0.4 is 21.5 Å². The Morgan fingerprint density at radius 2 is 2.44 bits per heavy atom. The molecule has 0 amide bonds. The zero-order chi connectivity index (χ0) is 11.4. The number of pyridine rings is 1. The molecule has 2 aromatic heterocycles. The van der Waals surface area contributed by atoms with Crippen LogP contribution in [0, 0.1) is 0 Å².